The number of rotatable bonds is 12. The molecule has 0 amide bonds. The van der Waals surface area contributed by atoms with E-state index in [0.717, 1.165) is 44.0 Å². The highest BCUT2D eigenvalue weighted by Gasteiger charge is 1.89. The van der Waals surface area contributed by atoms with Crippen molar-refractivity contribution in [2.75, 3.05) is 33.2 Å². The predicted molar refractivity (Wildman–Crippen MR) is 166 cm³/mol. The summed E-state index contributed by atoms with van der Waals surface area (Å²) in [4.78, 5) is 0. The van der Waals surface area contributed by atoms with Crippen LogP contribution in [0.3, 0.4) is 0 Å². The summed E-state index contributed by atoms with van der Waals surface area (Å²) < 4.78 is 0. The Hall–Kier alpha value is -2.83. The fraction of sp³-hybridized carbons (Fsp3) is 0.500. The van der Waals surface area contributed by atoms with Gasteiger partial charge in [-0.1, -0.05) is 90.3 Å². The van der Waals surface area contributed by atoms with E-state index in [4.69, 9.17) is 16.2 Å². The Balaban J connectivity index is -0.000000139. The fourth-order valence-electron chi connectivity index (χ4n) is 2.09. The SMILES string of the molecule is C=C.C=C(CNCCNC/C=C\C(N)=C/CC)NC.C=N.CC.CCCCC.Cc1ccc(O)cc1. The van der Waals surface area contributed by atoms with Crippen molar-refractivity contribution in [2.45, 2.75) is 67.2 Å². The molecule has 0 aliphatic carbocycles. The lowest BCUT2D eigenvalue weighted by Crippen LogP contribution is -2.30. The number of hydrogen-bond donors (Lipinski definition) is 6. The van der Waals surface area contributed by atoms with Crippen LogP contribution in [0.15, 0.2) is 73.6 Å². The highest BCUT2D eigenvalue weighted by atomic mass is 16.3. The molecule has 0 spiro atoms. The second kappa shape index (κ2) is 42.3. The first kappa shape index (κ1) is 43.3. The van der Waals surface area contributed by atoms with Gasteiger partial charge in [-0.25, -0.2) is 0 Å². The first-order valence-corrected chi connectivity index (χ1v) is 12.9. The van der Waals surface area contributed by atoms with Crippen LogP contribution in [0.5, 0.6) is 5.75 Å². The van der Waals surface area contributed by atoms with Gasteiger partial charge in [-0.2, -0.15) is 0 Å². The van der Waals surface area contributed by atoms with Gasteiger partial charge in [0, 0.05) is 44.6 Å². The number of benzene rings is 1. The smallest absolute Gasteiger partial charge is 0.115 e. The van der Waals surface area contributed by atoms with Gasteiger partial charge in [0.2, 0.25) is 0 Å². The van der Waals surface area contributed by atoms with Crippen molar-refractivity contribution in [1.29, 1.82) is 5.41 Å². The molecule has 0 saturated carbocycles. The number of hydrogen-bond acceptors (Lipinski definition) is 6. The normalized spacial score (nSPS) is 9.25. The van der Waals surface area contributed by atoms with Crippen LogP contribution in [0.2, 0.25) is 0 Å². The van der Waals surface area contributed by atoms with E-state index in [-0.39, 0.29) is 0 Å². The zero-order chi connectivity index (χ0) is 29.0. The summed E-state index contributed by atoms with van der Waals surface area (Å²) >= 11 is 0. The number of nitrogens with one attached hydrogen (secondary N) is 4. The number of aryl methyl sites for hydroxylation is 1. The van der Waals surface area contributed by atoms with Crippen molar-refractivity contribution in [1.82, 2.24) is 16.0 Å². The molecule has 6 nitrogen and oxygen atoms in total. The molecule has 36 heavy (non-hydrogen) atoms. The minimum Gasteiger partial charge on any atom is -0.508 e. The third-order valence-electron chi connectivity index (χ3n) is 3.92. The number of aromatic hydroxyl groups is 1. The van der Waals surface area contributed by atoms with Crippen molar-refractivity contribution < 1.29 is 5.11 Å². The molecule has 0 bridgehead atoms. The van der Waals surface area contributed by atoms with Gasteiger partial charge in [-0.05, 0) is 38.3 Å². The van der Waals surface area contributed by atoms with E-state index < -0.39 is 0 Å². The lowest BCUT2D eigenvalue weighted by atomic mass is 10.2. The quantitative estimate of drug-likeness (QED) is 0.0820. The largest absolute Gasteiger partial charge is 0.508 e. The van der Waals surface area contributed by atoms with Crippen LogP contribution in [0.4, 0.5) is 0 Å². The van der Waals surface area contributed by atoms with Crippen LogP contribution in [-0.4, -0.2) is 45.1 Å². The van der Waals surface area contributed by atoms with Gasteiger partial charge in [-0.15, -0.1) is 13.2 Å². The summed E-state index contributed by atoms with van der Waals surface area (Å²) in [6, 6.07) is 7.09. The molecule has 0 fully saturated rings. The van der Waals surface area contributed by atoms with Crippen molar-refractivity contribution >= 4 is 6.72 Å². The summed E-state index contributed by atoms with van der Waals surface area (Å²) in [6.45, 7) is 28.3. The Morgan fingerprint density at radius 2 is 1.50 bits per heavy atom. The third-order valence-corrected chi connectivity index (χ3v) is 3.92. The number of unbranched alkanes of at least 4 members (excludes halogenated alkanes) is 2. The maximum atomic E-state index is 8.76. The van der Waals surface area contributed by atoms with Crippen LogP contribution in [0.1, 0.15) is 65.9 Å². The molecule has 210 valence electrons. The van der Waals surface area contributed by atoms with E-state index in [0.29, 0.717) is 5.75 Å². The van der Waals surface area contributed by atoms with Crippen molar-refractivity contribution in [3.63, 3.8) is 0 Å². The Labute approximate surface area is 224 Å². The lowest BCUT2D eigenvalue weighted by Gasteiger charge is -2.07. The van der Waals surface area contributed by atoms with Gasteiger partial charge >= 0.3 is 0 Å². The van der Waals surface area contributed by atoms with E-state index in [2.05, 4.69) is 63.2 Å². The summed E-state index contributed by atoms with van der Waals surface area (Å²) in [5.41, 5.74) is 8.72. The summed E-state index contributed by atoms with van der Waals surface area (Å²) in [6.07, 6.45) is 11.0. The fourth-order valence-corrected chi connectivity index (χ4v) is 2.09. The molecule has 0 aliphatic heterocycles. The molecule has 0 radical (unpaired) electrons. The molecule has 1 rings (SSSR count). The third kappa shape index (κ3) is 44.8. The summed E-state index contributed by atoms with van der Waals surface area (Å²) in [7, 11) is 1.88. The molecule has 0 heterocycles. The highest BCUT2D eigenvalue weighted by Crippen LogP contribution is 2.07. The lowest BCUT2D eigenvalue weighted by molar-refractivity contribution is 0.475. The number of phenolic OH excluding ortho intramolecular Hbond substituents is 1. The van der Waals surface area contributed by atoms with E-state index in [1.807, 2.05) is 58.2 Å². The van der Waals surface area contributed by atoms with Gasteiger partial charge in [0.25, 0.3) is 0 Å². The second-order valence-corrected chi connectivity index (χ2v) is 6.94. The van der Waals surface area contributed by atoms with Gasteiger partial charge in [-0.3, -0.25) is 0 Å². The van der Waals surface area contributed by atoms with Crippen molar-refractivity contribution in [3.8, 4) is 5.75 Å². The zero-order valence-electron chi connectivity index (χ0n) is 24.6. The minimum atomic E-state index is 0.329. The maximum absolute atomic E-state index is 8.76. The number of likely N-dealkylation sites (N-methyl/N-ethyl adjacent to an activating group) is 1. The van der Waals surface area contributed by atoms with Gasteiger partial charge in [0.1, 0.15) is 5.75 Å². The van der Waals surface area contributed by atoms with Gasteiger partial charge in [0.05, 0.1) is 0 Å². The van der Waals surface area contributed by atoms with Crippen LogP contribution in [-0.2, 0) is 0 Å². The van der Waals surface area contributed by atoms with E-state index in [9.17, 15) is 0 Å². The van der Waals surface area contributed by atoms with E-state index in [1.54, 1.807) is 12.1 Å². The Kier molecular flexibility index (Phi) is 50.9. The van der Waals surface area contributed by atoms with Crippen LogP contribution in [0, 0.1) is 12.3 Å². The maximum Gasteiger partial charge on any atom is 0.115 e. The van der Waals surface area contributed by atoms with E-state index >= 15 is 0 Å². The van der Waals surface area contributed by atoms with Crippen molar-refractivity contribution in [2.24, 2.45) is 5.73 Å². The average Bonchev–Trinajstić information content (AvgIpc) is 2.92. The Morgan fingerprint density at radius 3 is 1.89 bits per heavy atom. The Bertz CT molecular complexity index is 573. The predicted octanol–water partition coefficient (Wildman–Crippen LogP) is 6.70. The average molecular weight is 506 g/mol. The van der Waals surface area contributed by atoms with Crippen LogP contribution < -0.4 is 21.7 Å². The molecule has 1 aromatic carbocycles. The highest BCUT2D eigenvalue weighted by molar-refractivity contribution is 5.24. The zero-order valence-corrected chi connectivity index (χ0v) is 24.6. The first-order valence-electron chi connectivity index (χ1n) is 12.9. The molecule has 6 heteroatoms. The van der Waals surface area contributed by atoms with E-state index in [1.165, 1.54) is 24.8 Å². The van der Waals surface area contributed by atoms with Gasteiger partial charge in [0.15, 0.2) is 0 Å². The number of nitrogens with two attached hydrogens (primary N) is 1. The standard InChI is InChI=1S/C13H26N4.C7H8O.C5H12.C2H6.C2H4.CH3N/c1-4-6-13(14)7-5-8-16-9-10-17-11-12(2)15-3;1-6-2-4-7(8)5-3-6;1-3-5-4-2;3*1-2/h5-7,15-17H,2,4,8-11,14H2,1,3H3;2-5,8H,1H3;3-5H2,1-2H3;1-2H3;1-2H2;2H,1H2/b7-5-,13-6+;;;;;. The second-order valence-electron chi connectivity index (χ2n) is 6.94. The monoisotopic (exact) mass is 505 g/mol. The molecule has 1 aromatic rings. The molecule has 0 aromatic heterocycles. The molecular weight excluding hydrogens is 446 g/mol. The van der Waals surface area contributed by atoms with Gasteiger partial charge < -0.3 is 32.2 Å². The minimum absolute atomic E-state index is 0.329. The molecule has 0 unspecified atom stereocenters. The number of allylic oxidation sites excluding steroid dienone is 2. The topological polar surface area (TPSA) is 106 Å². The Morgan fingerprint density at radius 1 is 1.00 bits per heavy atom. The molecule has 0 saturated heterocycles. The van der Waals surface area contributed by atoms with Crippen LogP contribution >= 0.6 is 0 Å². The molecule has 0 atom stereocenters. The summed E-state index contributed by atoms with van der Waals surface area (Å²) in [5, 5.41) is 23.8. The first-order chi connectivity index (χ1) is 17.4. The molecule has 7 N–H and O–H groups in total. The summed E-state index contributed by atoms with van der Waals surface area (Å²) in [5.74, 6) is 0.329. The van der Waals surface area contributed by atoms with Crippen molar-refractivity contribution in [3.05, 3.63) is 79.2 Å². The molecule has 0 aliphatic rings. The molecular formula is C30H59N5O. The number of phenols is 1. The van der Waals surface area contributed by atoms with Crippen LogP contribution in [0.25, 0.3) is 0 Å².